The van der Waals surface area contributed by atoms with Crippen molar-refractivity contribution in [3.8, 4) is 5.82 Å². The van der Waals surface area contributed by atoms with Crippen molar-refractivity contribution in [1.29, 1.82) is 0 Å². The van der Waals surface area contributed by atoms with E-state index >= 15 is 0 Å². The van der Waals surface area contributed by atoms with Gasteiger partial charge in [-0.2, -0.15) is 5.10 Å². The molecule has 5 heterocycles. The molecule has 0 bridgehead atoms. The molecule has 29 heavy (non-hydrogen) atoms. The lowest BCUT2D eigenvalue weighted by Gasteiger charge is -2.39. The molecule has 0 aliphatic carbocycles. The monoisotopic (exact) mass is 393 g/mol. The van der Waals surface area contributed by atoms with E-state index in [-0.39, 0.29) is 5.56 Å². The van der Waals surface area contributed by atoms with E-state index in [0.29, 0.717) is 18.3 Å². The van der Waals surface area contributed by atoms with Gasteiger partial charge in [-0.1, -0.05) is 0 Å². The van der Waals surface area contributed by atoms with E-state index in [0.717, 1.165) is 44.0 Å². The Hall–Kier alpha value is -2.74. The van der Waals surface area contributed by atoms with Gasteiger partial charge in [0, 0.05) is 56.5 Å². The summed E-state index contributed by atoms with van der Waals surface area (Å²) in [5.41, 5.74) is 3.22. The lowest BCUT2D eigenvalue weighted by molar-refractivity contribution is 0.0740. The zero-order valence-electron chi connectivity index (χ0n) is 17.1. The Morgan fingerprint density at radius 3 is 2.79 bits per heavy atom. The van der Waals surface area contributed by atoms with Gasteiger partial charge in [-0.25, -0.2) is 14.3 Å². The molecular weight excluding hydrogens is 366 g/mol. The minimum absolute atomic E-state index is 0.0569. The third-order valence-electron chi connectivity index (χ3n) is 5.98. The highest BCUT2D eigenvalue weighted by Gasteiger charge is 2.29. The summed E-state index contributed by atoms with van der Waals surface area (Å²) in [7, 11) is 0. The van der Waals surface area contributed by atoms with Gasteiger partial charge in [0.2, 0.25) is 0 Å². The van der Waals surface area contributed by atoms with Gasteiger partial charge >= 0.3 is 0 Å². The first kappa shape index (κ1) is 18.3. The molecular formula is C21H27N7O. The predicted octanol–water partition coefficient (Wildman–Crippen LogP) is 1.71. The number of rotatable bonds is 5. The van der Waals surface area contributed by atoms with Gasteiger partial charge in [-0.3, -0.25) is 9.69 Å². The maximum atomic E-state index is 12.3. The zero-order chi connectivity index (χ0) is 20.0. The second kappa shape index (κ2) is 7.26. The van der Waals surface area contributed by atoms with E-state index in [4.69, 9.17) is 0 Å². The van der Waals surface area contributed by atoms with Crippen LogP contribution >= 0.6 is 0 Å². The third kappa shape index (κ3) is 3.53. The van der Waals surface area contributed by atoms with Crippen LogP contribution in [0.5, 0.6) is 0 Å². The lowest BCUT2D eigenvalue weighted by atomic mass is 10.00. The Morgan fingerprint density at radius 2 is 2.00 bits per heavy atom. The van der Waals surface area contributed by atoms with Crippen molar-refractivity contribution in [3.05, 3.63) is 57.7 Å². The van der Waals surface area contributed by atoms with Crippen LogP contribution in [0.3, 0.4) is 0 Å². The summed E-state index contributed by atoms with van der Waals surface area (Å²) < 4.78 is 5.77. The molecule has 0 atom stereocenters. The van der Waals surface area contributed by atoms with Crippen molar-refractivity contribution >= 4 is 0 Å². The molecule has 0 N–H and O–H groups in total. The van der Waals surface area contributed by atoms with E-state index in [1.54, 1.807) is 21.5 Å². The van der Waals surface area contributed by atoms with E-state index in [2.05, 4.69) is 24.6 Å². The maximum absolute atomic E-state index is 12.3. The quantitative estimate of drug-likeness (QED) is 0.660. The van der Waals surface area contributed by atoms with Crippen LogP contribution in [0.25, 0.3) is 5.82 Å². The van der Waals surface area contributed by atoms with Crippen LogP contribution in [0.15, 0.2) is 29.2 Å². The van der Waals surface area contributed by atoms with Crippen LogP contribution in [0.2, 0.25) is 0 Å². The summed E-state index contributed by atoms with van der Waals surface area (Å²) in [6.07, 6.45) is 5.64. The summed E-state index contributed by atoms with van der Waals surface area (Å²) in [5, 5.41) is 9.04. The maximum Gasteiger partial charge on any atom is 0.266 e. The summed E-state index contributed by atoms with van der Waals surface area (Å²) in [6, 6.07) is 5.35. The summed E-state index contributed by atoms with van der Waals surface area (Å²) >= 11 is 0. The molecule has 2 aliphatic rings. The van der Waals surface area contributed by atoms with Gasteiger partial charge < -0.3 is 4.57 Å². The fourth-order valence-electron chi connectivity index (χ4n) is 4.54. The fraction of sp³-hybridized carbons (Fsp3) is 0.524. The number of imidazole rings is 1. The minimum Gasteiger partial charge on any atom is -0.331 e. The molecule has 8 nitrogen and oxygen atoms in total. The molecule has 3 aromatic heterocycles. The first-order chi connectivity index (χ1) is 14.1. The van der Waals surface area contributed by atoms with Crippen molar-refractivity contribution in [2.75, 3.05) is 13.1 Å². The first-order valence-electron chi connectivity index (χ1n) is 10.4. The molecule has 8 heteroatoms. The van der Waals surface area contributed by atoms with Gasteiger partial charge in [0.15, 0.2) is 5.82 Å². The van der Waals surface area contributed by atoms with Crippen LogP contribution in [0.1, 0.15) is 35.7 Å². The van der Waals surface area contributed by atoms with Crippen LogP contribution in [0.4, 0.5) is 0 Å². The second-order valence-corrected chi connectivity index (χ2v) is 8.39. The number of nitrogens with zero attached hydrogens (tertiary/aromatic N) is 7. The Balaban J connectivity index is 1.23. The topological polar surface area (TPSA) is 73.8 Å². The normalized spacial score (nSPS) is 17.3. The highest BCUT2D eigenvalue weighted by Crippen LogP contribution is 2.22. The van der Waals surface area contributed by atoms with Crippen molar-refractivity contribution in [2.24, 2.45) is 5.92 Å². The fourth-order valence-corrected chi connectivity index (χ4v) is 4.54. The molecule has 0 radical (unpaired) electrons. The Labute approximate surface area is 169 Å². The van der Waals surface area contributed by atoms with Crippen LogP contribution in [-0.2, 0) is 26.1 Å². The molecule has 2 aliphatic heterocycles. The number of aromatic nitrogens is 6. The molecule has 0 spiro atoms. The molecule has 1 saturated heterocycles. The van der Waals surface area contributed by atoms with Crippen molar-refractivity contribution in [2.45, 2.75) is 52.7 Å². The Morgan fingerprint density at radius 1 is 1.14 bits per heavy atom. The van der Waals surface area contributed by atoms with Crippen molar-refractivity contribution in [3.63, 3.8) is 0 Å². The summed E-state index contributed by atoms with van der Waals surface area (Å²) in [6.45, 7) is 8.61. The largest absolute Gasteiger partial charge is 0.331 e. The predicted molar refractivity (Wildman–Crippen MR) is 109 cm³/mol. The first-order valence-corrected chi connectivity index (χ1v) is 10.4. The van der Waals surface area contributed by atoms with Crippen LogP contribution in [0, 0.1) is 19.8 Å². The van der Waals surface area contributed by atoms with Gasteiger partial charge in [-0.15, -0.1) is 5.10 Å². The van der Waals surface area contributed by atoms with Gasteiger partial charge in [0.25, 0.3) is 5.56 Å². The SMILES string of the molecule is Cc1cc(C)n(-c2ccc(=O)n(CC3CN(Cc4cnc5n4CCCC5)C3)n2)n1. The molecule has 0 amide bonds. The van der Waals surface area contributed by atoms with E-state index in [1.807, 2.05) is 26.1 Å². The third-order valence-corrected chi connectivity index (χ3v) is 5.98. The summed E-state index contributed by atoms with van der Waals surface area (Å²) in [4.78, 5) is 19.3. The average molecular weight is 393 g/mol. The molecule has 5 rings (SSSR count). The molecule has 0 unspecified atom stereocenters. The van der Waals surface area contributed by atoms with E-state index in [9.17, 15) is 4.79 Å². The second-order valence-electron chi connectivity index (χ2n) is 8.39. The Bertz CT molecular complexity index is 1090. The lowest BCUT2D eigenvalue weighted by Crippen LogP contribution is -2.49. The smallest absolute Gasteiger partial charge is 0.266 e. The Kier molecular flexibility index (Phi) is 4.58. The molecule has 3 aromatic rings. The summed E-state index contributed by atoms with van der Waals surface area (Å²) in [5.74, 6) is 2.37. The van der Waals surface area contributed by atoms with Gasteiger partial charge in [-0.05, 0) is 38.8 Å². The van der Waals surface area contributed by atoms with E-state index in [1.165, 1.54) is 24.4 Å². The zero-order valence-corrected chi connectivity index (χ0v) is 17.1. The van der Waals surface area contributed by atoms with E-state index < -0.39 is 0 Å². The van der Waals surface area contributed by atoms with Gasteiger partial charge in [0.1, 0.15) is 5.82 Å². The van der Waals surface area contributed by atoms with Crippen molar-refractivity contribution in [1.82, 2.24) is 34.0 Å². The number of hydrogen-bond donors (Lipinski definition) is 0. The standard InChI is InChI=1S/C21H27N7O/c1-15-9-16(2)28(23-15)20-6-7-21(29)27(24-20)13-17-11-25(12-17)14-18-10-22-19-5-3-4-8-26(18)19/h6-7,9-10,17H,3-5,8,11-14H2,1-2H3. The molecule has 152 valence electrons. The number of aryl methyl sites for hydroxylation is 3. The number of hydrogen-bond acceptors (Lipinski definition) is 5. The van der Waals surface area contributed by atoms with Crippen LogP contribution in [-0.4, -0.2) is 47.1 Å². The molecule has 1 fully saturated rings. The minimum atomic E-state index is -0.0569. The number of likely N-dealkylation sites (tertiary alicyclic amines) is 1. The average Bonchev–Trinajstić information content (AvgIpc) is 3.24. The highest BCUT2D eigenvalue weighted by atomic mass is 16.1. The number of fused-ring (bicyclic) bond motifs is 1. The molecule has 0 aromatic carbocycles. The van der Waals surface area contributed by atoms with Gasteiger partial charge in [0.05, 0.1) is 17.9 Å². The molecule has 0 saturated carbocycles. The van der Waals surface area contributed by atoms with Crippen molar-refractivity contribution < 1.29 is 0 Å². The highest BCUT2D eigenvalue weighted by molar-refractivity contribution is 5.23. The van der Waals surface area contributed by atoms with Crippen LogP contribution < -0.4 is 5.56 Å².